The highest BCUT2D eigenvalue weighted by atomic mass is 16.2. The van der Waals surface area contributed by atoms with Crippen molar-refractivity contribution in [1.29, 1.82) is 0 Å². The summed E-state index contributed by atoms with van der Waals surface area (Å²) in [6.07, 6.45) is 3.45. The van der Waals surface area contributed by atoms with Gasteiger partial charge in [0.25, 0.3) is 0 Å². The van der Waals surface area contributed by atoms with Crippen LogP contribution in [0, 0.1) is 0 Å². The van der Waals surface area contributed by atoms with Crippen molar-refractivity contribution < 1.29 is 4.79 Å². The molecule has 0 aliphatic heterocycles. The number of carbonyl (C=O) groups is 1. The third-order valence-electron chi connectivity index (χ3n) is 3.82. The van der Waals surface area contributed by atoms with Gasteiger partial charge in [-0.05, 0) is 17.7 Å². The minimum Gasteiger partial charge on any atom is -0.322 e. The molecule has 1 N–H and O–H groups in total. The van der Waals surface area contributed by atoms with Crippen LogP contribution in [0.4, 0.5) is 5.69 Å². The quantitative estimate of drug-likeness (QED) is 0.608. The van der Waals surface area contributed by atoms with Crippen molar-refractivity contribution >= 4 is 22.6 Å². The van der Waals surface area contributed by atoms with E-state index in [4.69, 9.17) is 0 Å². The van der Waals surface area contributed by atoms with Crippen LogP contribution < -0.4 is 5.32 Å². The summed E-state index contributed by atoms with van der Waals surface area (Å²) >= 11 is 0. The third kappa shape index (κ3) is 3.40. The van der Waals surface area contributed by atoms with Crippen LogP contribution in [0.2, 0.25) is 0 Å². The summed E-state index contributed by atoms with van der Waals surface area (Å²) in [5.74, 6) is -0.171. The van der Waals surface area contributed by atoms with Gasteiger partial charge in [-0.25, -0.2) is 4.68 Å². The number of amides is 1. The second-order valence-corrected chi connectivity index (χ2v) is 5.70. The van der Waals surface area contributed by atoms with Gasteiger partial charge in [-0.3, -0.25) is 9.48 Å². The first-order chi connectivity index (χ1) is 12.3. The van der Waals surface area contributed by atoms with E-state index in [0.717, 1.165) is 16.6 Å². The Hall–Kier alpha value is -3.48. The average Bonchev–Trinajstić information content (AvgIpc) is 3.23. The zero-order valence-electron chi connectivity index (χ0n) is 13.4. The number of para-hydroxylation sites is 1. The maximum atomic E-state index is 12.3. The van der Waals surface area contributed by atoms with Crippen LogP contribution in [-0.2, 0) is 17.9 Å². The maximum Gasteiger partial charge on any atom is 0.246 e. The van der Waals surface area contributed by atoms with E-state index < -0.39 is 0 Å². The molecule has 0 saturated carbocycles. The summed E-state index contributed by atoms with van der Waals surface area (Å²) in [4.78, 5) is 12.3. The number of rotatable bonds is 5. The van der Waals surface area contributed by atoms with Gasteiger partial charge in [-0.2, -0.15) is 5.10 Å². The molecule has 4 rings (SSSR count). The number of aromatic nitrogens is 5. The van der Waals surface area contributed by atoms with Gasteiger partial charge in [-0.15, -0.1) is 5.10 Å². The summed E-state index contributed by atoms with van der Waals surface area (Å²) in [5.41, 5.74) is 3.41. The normalized spacial score (nSPS) is 10.9. The fourth-order valence-electron chi connectivity index (χ4n) is 2.66. The van der Waals surface area contributed by atoms with Gasteiger partial charge in [0.05, 0.1) is 23.9 Å². The molecule has 2 aromatic carbocycles. The largest absolute Gasteiger partial charge is 0.322 e. The van der Waals surface area contributed by atoms with Crippen LogP contribution in [0.5, 0.6) is 0 Å². The molecule has 4 aromatic rings. The van der Waals surface area contributed by atoms with Gasteiger partial charge < -0.3 is 5.32 Å². The van der Waals surface area contributed by atoms with E-state index in [1.54, 1.807) is 15.6 Å². The Morgan fingerprint density at radius 1 is 1.04 bits per heavy atom. The lowest BCUT2D eigenvalue weighted by atomic mass is 10.2. The molecule has 1 amide bonds. The maximum absolute atomic E-state index is 12.3. The predicted octanol–water partition coefficient (Wildman–Crippen LogP) is 2.31. The van der Waals surface area contributed by atoms with Crippen LogP contribution in [0.1, 0.15) is 5.56 Å². The summed E-state index contributed by atoms with van der Waals surface area (Å²) in [7, 11) is 0. The van der Waals surface area contributed by atoms with Crippen LogP contribution in [-0.4, -0.2) is 30.7 Å². The first kappa shape index (κ1) is 15.1. The van der Waals surface area contributed by atoms with Crippen molar-refractivity contribution in [2.75, 3.05) is 5.32 Å². The molecule has 0 atom stereocenters. The van der Waals surface area contributed by atoms with Crippen LogP contribution >= 0.6 is 0 Å². The van der Waals surface area contributed by atoms with Gasteiger partial charge >= 0.3 is 0 Å². The number of fused-ring (bicyclic) bond motifs is 1. The van der Waals surface area contributed by atoms with E-state index >= 15 is 0 Å². The minimum absolute atomic E-state index is 0.102. The molecular formula is C18H16N6O. The molecule has 0 aliphatic rings. The topological polar surface area (TPSA) is 77.6 Å². The lowest BCUT2D eigenvalue weighted by Crippen LogP contribution is -2.19. The molecule has 0 spiro atoms. The highest BCUT2D eigenvalue weighted by molar-refractivity contribution is 5.91. The highest BCUT2D eigenvalue weighted by Gasteiger charge is 2.10. The van der Waals surface area contributed by atoms with E-state index in [0.29, 0.717) is 12.2 Å². The summed E-state index contributed by atoms with van der Waals surface area (Å²) in [6.45, 7) is 0.759. The first-order valence-electron chi connectivity index (χ1n) is 7.92. The average molecular weight is 332 g/mol. The Morgan fingerprint density at radius 2 is 1.84 bits per heavy atom. The molecule has 0 fully saturated rings. The van der Waals surface area contributed by atoms with Crippen LogP contribution in [0.15, 0.2) is 67.0 Å². The number of nitrogens with one attached hydrogen (secondary N) is 1. The zero-order valence-corrected chi connectivity index (χ0v) is 13.4. The Balaban J connectivity index is 1.41. The number of hydrogen-bond acceptors (Lipinski definition) is 4. The van der Waals surface area contributed by atoms with Crippen LogP contribution in [0.25, 0.3) is 11.0 Å². The number of carbonyl (C=O) groups excluding carboxylic acids is 1. The summed E-state index contributed by atoms with van der Waals surface area (Å²) in [6, 6.07) is 17.6. The first-order valence-corrected chi connectivity index (χ1v) is 7.92. The second kappa shape index (κ2) is 6.56. The van der Waals surface area contributed by atoms with E-state index in [-0.39, 0.29) is 12.5 Å². The third-order valence-corrected chi connectivity index (χ3v) is 3.82. The Morgan fingerprint density at radius 3 is 2.72 bits per heavy atom. The lowest BCUT2D eigenvalue weighted by Gasteiger charge is -2.03. The molecule has 7 nitrogen and oxygen atoms in total. The standard InChI is InChI=1S/C18H16N6O/c25-18(13-24-17-9-5-4-8-16(17)21-22-24)20-15-10-19-23(12-15)11-14-6-2-1-3-7-14/h1-10,12H,11,13H2,(H,20,25). The molecule has 0 radical (unpaired) electrons. The lowest BCUT2D eigenvalue weighted by molar-refractivity contribution is -0.116. The van der Waals surface area contributed by atoms with E-state index in [1.165, 1.54) is 0 Å². The molecule has 7 heteroatoms. The zero-order chi connectivity index (χ0) is 17.1. The fraction of sp³-hybridized carbons (Fsp3) is 0.111. The molecule has 0 bridgehead atoms. The van der Waals surface area contributed by atoms with Crippen molar-refractivity contribution in [2.24, 2.45) is 0 Å². The molecule has 124 valence electrons. The van der Waals surface area contributed by atoms with Gasteiger partial charge in [0, 0.05) is 6.20 Å². The van der Waals surface area contributed by atoms with Gasteiger partial charge in [0.1, 0.15) is 12.1 Å². The second-order valence-electron chi connectivity index (χ2n) is 5.70. The molecule has 2 heterocycles. The molecule has 0 saturated heterocycles. The Bertz CT molecular complexity index is 1000. The number of nitrogens with zero attached hydrogens (tertiary/aromatic N) is 5. The van der Waals surface area contributed by atoms with Crippen molar-refractivity contribution in [3.8, 4) is 0 Å². The van der Waals surface area contributed by atoms with Crippen molar-refractivity contribution in [1.82, 2.24) is 24.8 Å². The van der Waals surface area contributed by atoms with Crippen molar-refractivity contribution in [3.05, 3.63) is 72.6 Å². The fourth-order valence-corrected chi connectivity index (χ4v) is 2.66. The number of anilines is 1. The number of benzene rings is 2. The Kier molecular flexibility index (Phi) is 3.96. The molecule has 0 unspecified atom stereocenters. The molecule has 25 heavy (non-hydrogen) atoms. The van der Waals surface area contributed by atoms with E-state index in [9.17, 15) is 4.79 Å². The van der Waals surface area contributed by atoms with Gasteiger partial charge in [-0.1, -0.05) is 47.7 Å². The predicted molar refractivity (Wildman–Crippen MR) is 93.9 cm³/mol. The Labute approximate surface area is 143 Å². The molecular weight excluding hydrogens is 316 g/mol. The molecule has 0 aliphatic carbocycles. The summed E-state index contributed by atoms with van der Waals surface area (Å²) in [5, 5.41) is 15.2. The van der Waals surface area contributed by atoms with Gasteiger partial charge in [0.15, 0.2) is 0 Å². The van der Waals surface area contributed by atoms with E-state index in [1.807, 2.05) is 60.8 Å². The van der Waals surface area contributed by atoms with Crippen molar-refractivity contribution in [3.63, 3.8) is 0 Å². The highest BCUT2D eigenvalue weighted by Crippen LogP contribution is 2.11. The summed E-state index contributed by atoms with van der Waals surface area (Å²) < 4.78 is 3.37. The molecule has 2 aromatic heterocycles. The SMILES string of the molecule is O=C(Cn1nnc2ccccc21)Nc1cnn(Cc2ccccc2)c1. The van der Waals surface area contributed by atoms with Gasteiger partial charge in [0.2, 0.25) is 5.91 Å². The van der Waals surface area contributed by atoms with Crippen molar-refractivity contribution in [2.45, 2.75) is 13.1 Å². The monoisotopic (exact) mass is 332 g/mol. The minimum atomic E-state index is -0.171. The van der Waals surface area contributed by atoms with E-state index in [2.05, 4.69) is 20.7 Å². The number of hydrogen-bond donors (Lipinski definition) is 1. The van der Waals surface area contributed by atoms with Crippen LogP contribution in [0.3, 0.4) is 0 Å². The smallest absolute Gasteiger partial charge is 0.246 e.